The fourth-order valence-corrected chi connectivity index (χ4v) is 4.53. The average molecular weight is 306 g/mol. The molecule has 1 aromatic carbocycles. The van der Waals surface area contributed by atoms with Gasteiger partial charge in [-0.1, -0.05) is 43.2 Å². The van der Waals surface area contributed by atoms with Gasteiger partial charge in [0.05, 0.1) is 5.56 Å². The summed E-state index contributed by atoms with van der Waals surface area (Å²) >= 11 is 0. The number of fused-ring (bicyclic) bond motifs is 1. The van der Waals surface area contributed by atoms with Crippen molar-refractivity contribution in [3.63, 3.8) is 0 Å². The first kappa shape index (κ1) is 14.4. The maximum absolute atomic E-state index is 12.5. The number of amides is 1. The van der Waals surface area contributed by atoms with Gasteiger partial charge in [0.15, 0.2) is 0 Å². The van der Waals surface area contributed by atoms with E-state index in [9.17, 15) is 4.79 Å². The maximum Gasteiger partial charge on any atom is 0.253 e. The maximum atomic E-state index is 12.5. The van der Waals surface area contributed by atoms with Crippen LogP contribution in [-0.4, -0.2) is 16.9 Å². The first-order chi connectivity index (χ1) is 11.3. The van der Waals surface area contributed by atoms with Crippen LogP contribution in [-0.2, 0) is 0 Å². The van der Waals surface area contributed by atoms with Gasteiger partial charge in [-0.15, -0.1) is 0 Å². The molecule has 2 saturated carbocycles. The first-order valence-electron chi connectivity index (χ1n) is 8.60. The normalized spacial score (nSPS) is 29.2. The van der Waals surface area contributed by atoms with Gasteiger partial charge in [-0.25, -0.2) is 0 Å². The number of nitrogens with zero attached hydrogens (tertiary/aromatic N) is 1. The molecule has 3 heteroatoms. The zero-order valence-electron chi connectivity index (χ0n) is 13.2. The zero-order chi connectivity index (χ0) is 15.6. The summed E-state index contributed by atoms with van der Waals surface area (Å²) in [6.45, 7) is 0. The number of nitrogens with one attached hydrogen (secondary N) is 1. The Balaban J connectivity index is 1.56. The molecule has 2 aliphatic rings. The Morgan fingerprint density at radius 3 is 2.52 bits per heavy atom. The molecule has 0 radical (unpaired) electrons. The number of aromatic nitrogens is 1. The molecule has 2 fully saturated rings. The highest BCUT2D eigenvalue weighted by Gasteiger charge is 2.51. The summed E-state index contributed by atoms with van der Waals surface area (Å²) in [4.78, 5) is 16.6. The molecule has 0 saturated heterocycles. The van der Waals surface area contributed by atoms with E-state index in [1.165, 1.54) is 31.2 Å². The summed E-state index contributed by atoms with van der Waals surface area (Å²) in [7, 11) is 0. The van der Waals surface area contributed by atoms with Crippen molar-refractivity contribution in [2.45, 2.75) is 37.6 Å². The molecule has 3 nitrogen and oxygen atoms in total. The summed E-state index contributed by atoms with van der Waals surface area (Å²) in [5, 5.41) is 3.30. The van der Waals surface area contributed by atoms with Gasteiger partial charge in [-0.05, 0) is 42.4 Å². The third kappa shape index (κ3) is 2.65. The molecular formula is C20H22N2O. The molecule has 2 aliphatic carbocycles. The number of pyridine rings is 1. The van der Waals surface area contributed by atoms with Crippen molar-refractivity contribution in [3.8, 4) is 0 Å². The van der Waals surface area contributed by atoms with Crippen LogP contribution in [0.5, 0.6) is 0 Å². The van der Waals surface area contributed by atoms with Crippen LogP contribution >= 0.6 is 0 Å². The lowest BCUT2D eigenvalue weighted by Crippen LogP contribution is -2.59. The number of benzene rings is 1. The van der Waals surface area contributed by atoms with Crippen LogP contribution < -0.4 is 5.32 Å². The number of carbonyl (C=O) groups excluding carboxylic acids is 1. The van der Waals surface area contributed by atoms with Crippen molar-refractivity contribution in [1.29, 1.82) is 0 Å². The Morgan fingerprint density at radius 2 is 1.78 bits per heavy atom. The molecule has 2 aromatic rings. The standard InChI is InChI=1S/C20H22N2O/c23-20(15-9-6-12-21-13-15)22-19-17-11-5-4-10-16(17)18(19)14-7-2-1-3-8-14/h1-3,6-9,12-13,16-19H,4-5,10-11H2,(H,22,23)/t16-,17+,18-,19-/m0/s1. The highest BCUT2D eigenvalue weighted by atomic mass is 16.1. The van der Waals surface area contributed by atoms with E-state index in [0.717, 1.165) is 5.92 Å². The fraction of sp³-hybridized carbons (Fsp3) is 0.400. The van der Waals surface area contributed by atoms with Gasteiger partial charge in [0.2, 0.25) is 0 Å². The van der Waals surface area contributed by atoms with Gasteiger partial charge in [0.1, 0.15) is 0 Å². The molecule has 1 amide bonds. The van der Waals surface area contributed by atoms with Crippen LogP contribution in [0.1, 0.15) is 47.5 Å². The molecule has 23 heavy (non-hydrogen) atoms. The second-order valence-corrected chi connectivity index (χ2v) is 6.79. The largest absolute Gasteiger partial charge is 0.348 e. The number of carbonyl (C=O) groups is 1. The summed E-state index contributed by atoms with van der Waals surface area (Å²) in [5.41, 5.74) is 2.02. The van der Waals surface area contributed by atoms with Crippen LogP contribution in [0.4, 0.5) is 0 Å². The molecule has 0 spiro atoms. The van der Waals surface area contributed by atoms with Crippen LogP contribution in [0.3, 0.4) is 0 Å². The number of rotatable bonds is 3. The molecule has 0 bridgehead atoms. The summed E-state index contributed by atoms with van der Waals surface area (Å²) < 4.78 is 0. The van der Waals surface area contributed by atoms with Gasteiger partial charge in [-0.2, -0.15) is 0 Å². The first-order valence-corrected chi connectivity index (χ1v) is 8.60. The van der Waals surface area contributed by atoms with Gasteiger partial charge < -0.3 is 5.32 Å². The van der Waals surface area contributed by atoms with Gasteiger partial charge in [0, 0.05) is 24.4 Å². The zero-order valence-corrected chi connectivity index (χ0v) is 13.2. The van der Waals surface area contributed by atoms with Crippen LogP contribution in [0.25, 0.3) is 0 Å². The summed E-state index contributed by atoms with van der Waals surface area (Å²) in [5.74, 6) is 1.83. The molecule has 0 unspecified atom stereocenters. The lowest BCUT2D eigenvalue weighted by Gasteiger charge is -2.55. The minimum atomic E-state index is 0.00746. The predicted molar refractivity (Wildman–Crippen MR) is 90.1 cm³/mol. The molecule has 118 valence electrons. The molecule has 1 heterocycles. The highest BCUT2D eigenvalue weighted by Crippen LogP contribution is 2.54. The highest BCUT2D eigenvalue weighted by molar-refractivity contribution is 5.94. The van der Waals surface area contributed by atoms with Crippen molar-refractivity contribution in [1.82, 2.24) is 10.3 Å². The molecule has 4 rings (SSSR count). The van der Waals surface area contributed by atoms with E-state index in [2.05, 4.69) is 40.6 Å². The molecular weight excluding hydrogens is 284 g/mol. The smallest absolute Gasteiger partial charge is 0.253 e. The summed E-state index contributed by atoms with van der Waals surface area (Å²) in [6.07, 6.45) is 8.50. The van der Waals surface area contributed by atoms with Gasteiger partial charge in [-0.3, -0.25) is 9.78 Å². The quantitative estimate of drug-likeness (QED) is 0.937. The minimum Gasteiger partial charge on any atom is -0.348 e. The van der Waals surface area contributed by atoms with E-state index < -0.39 is 0 Å². The predicted octanol–water partition coefficient (Wildman–Crippen LogP) is 3.78. The van der Waals surface area contributed by atoms with Crippen LogP contribution in [0.2, 0.25) is 0 Å². The average Bonchev–Trinajstić information content (AvgIpc) is 2.61. The number of hydrogen-bond donors (Lipinski definition) is 1. The monoisotopic (exact) mass is 306 g/mol. The van der Waals surface area contributed by atoms with E-state index in [-0.39, 0.29) is 11.9 Å². The Bertz CT molecular complexity index is 671. The van der Waals surface area contributed by atoms with Crippen molar-refractivity contribution < 1.29 is 4.79 Å². The fourth-order valence-electron chi connectivity index (χ4n) is 4.53. The Kier molecular flexibility index (Phi) is 3.86. The van der Waals surface area contributed by atoms with Gasteiger partial charge >= 0.3 is 0 Å². The molecule has 4 atom stereocenters. The lowest BCUT2D eigenvalue weighted by molar-refractivity contribution is 0.0252. The Hall–Kier alpha value is -2.16. The number of hydrogen-bond acceptors (Lipinski definition) is 2. The summed E-state index contributed by atoms with van der Waals surface area (Å²) in [6, 6.07) is 14.6. The van der Waals surface area contributed by atoms with Crippen LogP contribution in [0.15, 0.2) is 54.9 Å². The van der Waals surface area contributed by atoms with E-state index >= 15 is 0 Å². The van der Waals surface area contributed by atoms with E-state index in [1.807, 2.05) is 12.1 Å². The second kappa shape index (κ2) is 6.15. The Labute approximate surface area is 137 Å². The van der Waals surface area contributed by atoms with E-state index in [4.69, 9.17) is 0 Å². The minimum absolute atomic E-state index is 0.00746. The van der Waals surface area contributed by atoms with Gasteiger partial charge in [0.25, 0.3) is 5.91 Å². The third-order valence-corrected chi connectivity index (χ3v) is 5.59. The van der Waals surface area contributed by atoms with Crippen LogP contribution in [0, 0.1) is 11.8 Å². The van der Waals surface area contributed by atoms with E-state index in [0.29, 0.717) is 17.4 Å². The van der Waals surface area contributed by atoms with Crippen molar-refractivity contribution in [2.24, 2.45) is 11.8 Å². The van der Waals surface area contributed by atoms with Crippen molar-refractivity contribution in [2.75, 3.05) is 0 Å². The second-order valence-electron chi connectivity index (χ2n) is 6.79. The molecule has 1 N–H and O–H groups in total. The van der Waals surface area contributed by atoms with Crippen molar-refractivity contribution >= 4 is 5.91 Å². The Morgan fingerprint density at radius 1 is 1.00 bits per heavy atom. The van der Waals surface area contributed by atoms with E-state index in [1.54, 1.807) is 12.4 Å². The molecule has 0 aliphatic heterocycles. The topological polar surface area (TPSA) is 42.0 Å². The SMILES string of the molecule is O=C(N[C@H]1[C@@H]2CCCC[C@@H]2[C@@H]1c1ccccc1)c1cccnc1. The lowest BCUT2D eigenvalue weighted by atomic mass is 9.53. The third-order valence-electron chi connectivity index (χ3n) is 5.59. The van der Waals surface area contributed by atoms with Crippen molar-refractivity contribution in [3.05, 3.63) is 66.0 Å². The molecule has 1 aromatic heterocycles.